The lowest BCUT2D eigenvalue weighted by molar-refractivity contribution is -0.605. The smallest absolute Gasteiger partial charge is 0.256 e. The standard InChI is InChI=1S/C26H24Cl3N3O3/c1-35-22-10-8-17(26(33)30-24-19(28)13-31(34)14-20(24)29)23-18-11-16(27)7-9-21(18)32(25(22)23)12-15-5-3-2-4-6-15/h7-11,13-15H,2-6,12H2,1H3,(H,30,33). The van der Waals surface area contributed by atoms with Crippen LogP contribution in [0.3, 0.4) is 0 Å². The number of rotatable bonds is 5. The molecule has 0 atom stereocenters. The van der Waals surface area contributed by atoms with E-state index in [4.69, 9.17) is 39.5 Å². The van der Waals surface area contributed by atoms with Crippen molar-refractivity contribution in [1.29, 1.82) is 0 Å². The summed E-state index contributed by atoms with van der Waals surface area (Å²) in [7, 11) is 1.63. The molecule has 6 nitrogen and oxygen atoms in total. The van der Waals surface area contributed by atoms with E-state index < -0.39 is 5.91 Å². The normalized spacial score (nSPS) is 14.5. The van der Waals surface area contributed by atoms with Gasteiger partial charge in [-0.25, -0.2) is 0 Å². The average Bonchev–Trinajstić information content (AvgIpc) is 3.15. The Bertz CT molecular complexity index is 1420. The summed E-state index contributed by atoms with van der Waals surface area (Å²) in [5.74, 6) is 0.839. The number of hydrogen-bond donors (Lipinski definition) is 1. The lowest BCUT2D eigenvalue weighted by Crippen LogP contribution is -2.25. The number of fused-ring (bicyclic) bond motifs is 3. The summed E-state index contributed by atoms with van der Waals surface area (Å²) >= 11 is 18.8. The number of carbonyl (C=O) groups excluding carboxylic acids is 1. The molecule has 2 aromatic heterocycles. The largest absolute Gasteiger partial charge is 0.619 e. The zero-order chi connectivity index (χ0) is 24.7. The molecule has 1 N–H and O–H groups in total. The number of carbonyl (C=O) groups is 1. The number of methoxy groups -OCH3 is 1. The van der Waals surface area contributed by atoms with E-state index in [2.05, 4.69) is 9.88 Å². The summed E-state index contributed by atoms with van der Waals surface area (Å²) < 4.78 is 8.51. The molecule has 35 heavy (non-hydrogen) atoms. The van der Waals surface area contributed by atoms with Crippen LogP contribution in [0.1, 0.15) is 42.5 Å². The van der Waals surface area contributed by atoms with E-state index in [1.807, 2.05) is 18.2 Å². The zero-order valence-corrected chi connectivity index (χ0v) is 21.4. The first-order valence-corrected chi connectivity index (χ1v) is 12.7. The van der Waals surface area contributed by atoms with Crippen molar-refractivity contribution in [2.24, 2.45) is 5.92 Å². The van der Waals surface area contributed by atoms with Gasteiger partial charge in [0.05, 0.1) is 18.3 Å². The summed E-state index contributed by atoms with van der Waals surface area (Å²) in [6, 6.07) is 9.28. The summed E-state index contributed by atoms with van der Waals surface area (Å²) in [6.07, 6.45) is 8.40. The minimum Gasteiger partial charge on any atom is -0.619 e. The van der Waals surface area contributed by atoms with Crippen molar-refractivity contribution in [3.63, 3.8) is 0 Å². The maximum atomic E-state index is 13.5. The van der Waals surface area contributed by atoms with Crippen LogP contribution in [0.5, 0.6) is 5.75 Å². The van der Waals surface area contributed by atoms with E-state index in [1.54, 1.807) is 19.2 Å². The van der Waals surface area contributed by atoms with Crippen molar-refractivity contribution in [1.82, 2.24) is 4.57 Å². The fourth-order valence-electron chi connectivity index (χ4n) is 5.15. The number of anilines is 1. The van der Waals surface area contributed by atoms with Crippen LogP contribution in [0.2, 0.25) is 15.1 Å². The first kappa shape index (κ1) is 24.0. The highest BCUT2D eigenvalue weighted by molar-refractivity contribution is 6.40. The molecule has 1 saturated carbocycles. The topological polar surface area (TPSA) is 70.2 Å². The molecule has 1 aliphatic rings. The first-order valence-electron chi connectivity index (χ1n) is 11.5. The number of pyridine rings is 1. The second kappa shape index (κ2) is 9.76. The summed E-state index contributed by atoms with van der Waals surface area (Å²) in [5, 5.41) is 16.7. The van der Waals surface area contributed by atoms with Crippen LogP contribution in [0.25, 0.3) is 21.8 Å². The fraction of sp³-hybridized carbons (Fsp3) is 0.308. The molecule has 0 unspecified atom stereocenters. The predicted octanol–water partition coefficient (Wildman–Crippen LogP) is 7.23. The molecule has 182 valence electrons. The third-order valence-electron chi connectivity index (χ3n) is 6.76. The molecule has 2 heterocycles. The monoisotopic (exact) mass is 531 g/mol. The maximum absolute atomic E-state index is 13.5. The number of halogens is 3. The van der Waals surface area contributed by atoms with Crippen LogP contribution < -0.4 is 14.8 Å². The Labute approximate surface area is 217 Å². The van der Waals surface area contributed by atoms with Crippen molar-refractivity contribution in [2.45, 2.75) is 38.6 Å². The van der Waals surface area contributed by atoms with E-state index in [-0.39, 0.29) is 15.7 Å². The number of ether oxygens (including phenoxy) is 1. The minimum atomic E-state index is -0.401. The third-order valence-corrected chi connectivity index (χ3v) is 7.57. The van der Waals surface area contributed by atoms with Crippen molar-refractivity contribution < 1.29 is 14.3 Å². The molecule has 0 spiro atoms. The molecule has 9 heteroatoms. The lowest BCUT2D eigenvalue weighted by Gasteiger charge is -2.23. The Kier molecular flexibility index (Phi) is 6.71. The van der Waals surface area contributed by atoms with Gasteiger partial charge in [-0.05, 0) is 49.1 Å². The fourth-order valence-corrected chi connectivity index (χ4v) is 5.86. The quantitative estimate of drug-likeness (QED) is 0.218. The van der Waals surface area contributed by atoms with Crippen molar-refractivity contribution in [2.75, 3.05) is 12.4 Å². The van der Waals surface area contributed by atoms with Gasteiger partial charge in [0.15, 0.2) is 0 Å². The van der Waals surface area contributed by atoms with Crippen LogP contribution in [0, 0.1) is 11.1 Å². The Morgan fingerprint density at radius 1 is 1.11 bits per heavy atom. The molecule has 2 aromatic carbocycles. The van der Waals surface area contributed by atoms with Crippen LogP contribution in [0.4, 0.5) is 5.69 Å². The molecule has 0 aliphatic heterocycles. The van der Waals surface area contributed by atoms with Gasteiger partial charge in [-0.2, -0.15) is 4.73 Å². The molecule has 1 fully saturated rings. The van der Waals surface area contributed by atoms with E-state index in [1.165, 1.54) is 32.1 Å². The maximum Gasteiger partial charge on any atom is 0.256 e. The van der Waals surface area contributed by atoms with E-state index >= 15 is 0 Å². The number of aromatic nitrogens is 2. The van der Waals surface area contributed by atoms with Crippen molar-refractivity contribution >= 4 is 68.2 Å². The summed E-state index contributed by atoms with van der Waals surface area (Å²) in [6.45, 7) is 0.836. The SMILES string of the molecule is COc1ccc(C(=O)Nc2c(Cl)c[n+]([O-])cc2Cl)c2c3cc(Cl)ccc3n(CC3CCCCC3)c12. The number of hydrogen-bond acceptors (Lipinski definition) is 3. The van der Waals surface area contributed by atoms with Gasteiger partial charge >= 0.3 is 0 Å². The Morgan fingerprint density at radius 2 is 1.83 bits per heavy atom. The van der Waals surface area contributed by atoms with Gasteiger partial charge in [0.1, 0.15) is 15.8 Å². The molecular formula is C26H24Cl3N3O3. The highest BCUT2D eigenvalue weighted by Gasteiger charge is 2.25. The van der Waals surface area contributed by atoms with Gasteiger partial charge in [0.2, 0.25) is 12.4 Å². The predicted molar refractivity (Wildman–Crippen MR) is 141 cm³/mol. The molecule has 0 saturated heterocycles. The summed E-state index contributed by atoms with van der Waals surface area (Å²) in [5.41, 5.74) is 2.46. The highest BCUT2D eigenvalue weighted by atomic mass is 35.5. The molecule has 4 aromatic rings. The summed E-state index contributed by atoms with van der Waals surface area (Å²) in [4.78, 5) is 13.5. The van der Waals surface area contributed by atoms with Crippen molar-refractivity contribution in [3.05, 3.63) is 68.6 Å². The molecule has 1 amide bonds. The molecular weight excluding hydrogens is 509 g/mol. The number of nitrogens with zero attached hydrogens (tertiary/aromatic N) is 2. The third kappa shape index (κ3) is 4.51. The van der Waals surface area contributed by atoms with Gasteiger partial charge in [-0.3, -0.25) is 4.79 Å². The van der Waals surface area contributed by atoms with Gasteiger partial charge in [0.25, 0.3) is 5.91 Å². The number of nitrogens with one attached hydrogen (secondary N) is 1. The van der Waals surface area contributed by atoms with Crippen molar-refractivity contribution in [3.8, 4) is 5.75 Å². The van der Waals surface area contributed by atoms with Gasteiger partial charge < -0.3 is 19.8 Å². The van der Waals surface area contributed by atoms with Crippen LogP contribution >= 0.6 is 34.8 Å². The first-order chi connectivity index (χ1) is 16.9. The van der Waals surface area contributed by atoms with Crippen LogP contribution in [0.15, 0.2) is 42.7 Å². The van der Waals surface area contributed by atoms with Gasteiger partial charge in [-0.1, -0.05) is 54.1 Å². The zero-order valence-electron chi connectivity index (χ0n) is 19.1. The molecule has 5 rings (SSSR count). The molecule has 0 radical (unpaired) electrons. The number of amides is 1. The van der Waals surface area contributed by atoms with Crippen LogP contribution in [-0.2, 0) is 6.54 Å². The second-order valence-corrected chi connectivity index (χ2v) is 10.2. The van der Waals surface area contributed by atoms with Gasteiger partial charge in [-0.15, -0.1) is 0 Å². The lowest BCUT2D eigenvalue weighted by atomic mass is 9.89. The van der Waals surface area contributed by atoms with Crippen LogP contribution in [-0.4, -0.2) is 17.6 Å². The molecule has 0 bridgehead atoms. The van der Waals surface area contributed by atoms with E-state index in [0.717, 1.165) is 40.7 Å². The minimum absolute atomic E-state index is 0.0494. The average molecular weight is 533 g/mol. The number of benzene rings is 2. The Balaban J connectivity index is 1.69. The Hall–Kier alpha value is -2.67. The van der Waals surface area contributed by atoms with E-state index in [0.29, 0.717) is 27.0 Å². The Morgan fingerprint density at radius 3 is 2.51 bits per heavy atom. The second-order valence-electron chi connectivity index (χ2n) is 8.96. The van der Waals surface area contributed by atoms with E-state index in [9.17, 15) is 10.0 Å². The highest BCUT2D eigenvalue weighted by Crippen LogP contribution is 2.40. The van der Waals surface area contributed by atoms with Gasteiger partial charge in [0, 0.05) is 33.4 Å². The molecule has 1 aliphatic carbocycles.